The van der Waals surface area contributed by atoms with Crippen LogP contribution in [0.15, 0.2) is 59.1 Å². The molecular formula is C23H22ClFN2O2. The molecule has 0 saturated carbocycles. The van der Waals surface area contributed by atoms with Crippen LogP contribution < -0.4 is 5.32 Å². The van der Waals surface area contributed by atoms with E-state index in [2.05, 4.69) is 16.5 Å². The van der Waals surface area contributed by atoms with E-state index in [4.69, 9.17) is 16.1 Å². The van der Waals surface area contributed by atoms with Crippen LogP contribution in [0.1, 0.15) is 46.3 Å². The predicted molar refractivity (Wildman–Crippen MR) is 112 cm³/mol. The highest BCUT2D eigenvalue weighted by atomic mass is 35.5. The molecule has 6 heteroatoms. The van der Waals surface area contributed by atoms with Crippen molar-refractivity contribution in [3.63, 3.8) is 0 Å². The number of hydrogen-bond acceptors (Lipinski definition) is 3. The summed E-state index contributed by atoms with van der Waals surface area (Å²) in [5.41, 5.74) is 4.02. The molecule has 0 fully saturated rings. The highest BCUT2D eigenvalue weighted by Gasteiger charge is 2.14. The minimum absolute atomic E-state index is 0.190. The number of amides is 1. The van der Waals surface area contributed by atoms with Crippen molar-refractivity contribution >= 4 is 23.1 Å². The molecule has 29 heavy (non-hydrogen) atoms. The van der Waals surface area contributed by atoms with Gasteiger partial charge in [0.05, 0.1) is 0 Å². The molecule has 1 aromatic heterocycles. The van der Waals surface area contributed by atoms with Gasteiger partial charge in [-0.05, 0) is 59.9 Å². The Labute approximate surface area is 174 Å². The van der Waals surface area contributed by atoms with Crippen LogP contribution in [0.3, 0.4) is 0 Å². The number of carbonyl (C=O) groups excluding carboxylic acids is 1. The number of rotatable bonds is 7. The fourth-order valence-electron chi connectivity index (χ4n) is 3.08. The molecule has 0 aliphatic rings. The molecule has 0 bridgehead atoms. The number of nitrogens with one attached hydrogen (secondary N) is 1. The fraction of sp³-hybridized carbons (Fsp3) is 0.217. The van der Waals surface area contributed by atoms with Gasteiger partial charge in [0.15, 0.2) is 5.69 Å². The number of nitrogens with zero attached hydrogens (tertiary/aromatic N) is 1. The molecule has 4 nitrogen and oxygen atoms in total. The first-order valence-electron chi connectivity index (χ1n) is 9.40. The lowest BCUT2D eigenvalue weighted by molar-refractivity contribution is 0.0949. The van der Waals surface area contributed by atoms with Crippen molar-refractivity contribution in [1.82, 2.24) is 10.5 Å². The Morgan fingerprint density at radius 1 is 1.24 bits per heavy atom. The maximum atomic E-state index is 13.3. The van der Waals surface area contributed by atoms with Gasteiger partial charge < -0.3 is 9.84 Å². The summed E-state index contributed by atoms with van der Waals surface area (Å²) in [4.78, 5) is 12.5. The van der Waals surface area contributed by atoms with Crippen LogP contribution in [0, 0.1) is 12.7 Å². The SMILES string of the molecule is CCC=C(CNC(=O)c1cc(Cc2cccc(F)c2)on1)c1cc(Cl)ccc1C. The van der Waals surface area contributed by atoms with E-state index >= 15 is 0 Å². The Hall–Kier alpha value is -2.92. The van der Waals surface area contributed by atoms with Crippen LogP contribution in [0.25, 0.3) is 5.57 Å². The largest absolute Gasteiger partial charge is 0.360 e. The second kappa shape index (κ2) is 9.52. The minimum Gasteiger partial charge on any atom is -0.360 e. The van der Waals surface area contributed by atoms with Gasteiger partial charge in [0.1, 0.15) is 11.6 Å². The van der Waals surface area contributed by atoms with Crippen LogP contribution in [-0.2, 0) is 6.42 Å². The van der Waals surface area contributed by atoms with Crippen molar-refractivity contribution in [2.45, 2.75) is 26.7 Å². The lowest BCUT2D eigenvalue weighted by Gasteiger charge is -2.12. The van der Waals surface area contributed by atoms with Crippen LogP contribution in [0.2, 0.25) is 5.02 Å². The molecule has 0 radical (unpaired) electrons. The third-order valence-corrected chi connectivity index (χ3v) is 4.73. The highest BCUT2D eigenvalue weighted by molar-refractivity contribution is 6.30. The number of allylic oxidation sites excluding steroid dienone is 1. The first-order valence-corrected chi connectivity index (χ1v) is 9.78. The molecule has 0 atom stereocenters. The zero-order valence-electron chi connectivity index (χ0n) is 16.3. The van der Waals surface area contributed by atoms with Gasteiger partial charge in [-0.3, -0.25) is 4.79 Å². The summed E-state index contributed by atoms with van der Waals surface area (Å²) >= 11 is 6.14. The van der Waals surface area contributed by atoms with Crippen LogP contribution >= 0.6 is 11.6 Å². The second-order valence-corrected chi connectivity index (χ2v) is 7.20. The van der Waals surface area contributed by atoms with Gasteiger partial charge in [0, 0.05) is 24.1 Å². The summed E-state index contributed by atoms with van der Waals surface area (Å²) in [7, 11) is 0. The zero-order chi connectivity index (χ0) is 20.8. The number of hydrogen-bond donors (Lipinski definition) is 1. The topological polar surface area (TPSA) is 55.1 Å². The van der Waals surface area contributed by atoms with Crippen LogP contribution in [0.4, 0.5) is 4.39 Å². The summed E-state index contributed by atoms with van der Waals surface area (Å²) in [6, 6.07) is 13.5. The molecule has 0 saturated heterocycles. The lowest BCUT2D eigenvalue weighted by atomic mass is 9.99. The van der Waals surface area contributed by atoms with E-state index in [0.29, 0.717) is 23.7 Å². The molecule has 0 spiro atoms. The van der Waals surface area contributed by atoms with Crippen molar-refractivity contribution in [3.8, 4) is 0 Å². The summed E-state index contributed by atoms with van der Waals surface area (Å²) < 4.78 is 18.5. The van der Waals surface area contributed by atoms with E-state index in [1.807, 2.05) is 32.0 Å². The molecular weight excluding hydrogens is 391 g/mol. The monoisotopic (exact) mass is 412 g/mol. The molecule has 1 amide bonds. The number of carbonyl (C=O) groups is 1. The van der Waals surface area contributed by atoms with Gasteiger partial charge in [-0.2, -0.15) is 0 Å². The Balaban J connectivity index is 1.67. The van der Waals surface area contributed by atoms with E-state index in [1.54, 1.807) is 18.2 Å². The van der Waals surface area contributed by atoms with Gasteiger partial charge in [-0.15, -0.1) is 0 Å². The highest BCUT2D eigenvalue weighted by Crippen LogP contribution is 2.23. The average Bonchev–Trinajstić information content (AvgIpc) is 3.15. The van der Waals surface area contributed by atoms with E-state index in [0.717, 1.165) is 28.7 Å². The van der Waals surface area contributed by atoms with Crippen molar-refractivity contribution in [3.05, 3.63) is 93.6 Å². The molecule has 1 N–H and O–H groups in total. The van der Waals surface area contributed by atoms with Crippen LogP contribution in [-0.4, -0.2) is 17.6 Å². The Morgan fingerprint density at radius 2 is 2.07 bits per heavy atom. The number of halogens is 2. The third kappa shape index (κ3) is 5.55. The molecule has 2 aromatic carbocycles. The van der Waals surface area contributed by atoms with Gasteiger partial charge in [-0.25, -0.2) is 4.39 Å². The quantitative estimate of drug-likeness (QED) is 0.550. The smallest absolute Gasteiger partial charge is 0.273 e. The average molecular weight is 413 g/mol. The van der Waals surface area contributed by atoms with E-state index in [9.17, 15) is 9.18 Å². The molecule has 3 aromatic rings. The second-order valence-electron chi connectivity index (χ2n) is 6.76. The van der Waals surface area contributed by atoms with Crippen molar-refractivity contribution < 1.29 is 13.7 Å². The number of aryl methyl sites for hydroxylation is 1. The van der Waals surface area contributed by atoms with E-state index < -0.39 is 0 Å². The number of benzene rings is 2. The fourth-order valence-corrected chi connectivity index (χ4v) is 3.25. The predicted octanol–water partition coefficient (Wildman–Crippen LogP) is 5.59. The van der Waals surface area contributed by atoms with Gasteiger partial charge in [0.2, 0.25) is 0 Å². The van der Waals surface area contributed by atoms with Gasteiger partial charge >= 0.3 is 0 Å². The third-order valence-electron chi connectivity index (χ3n) is 4.49. The van der Waals surface area contributed by atoms with Crippen LogP contribution in [0.5, 0.6) is 0 Å². The van der Waals surface area contributed by atoms with Gasteiger partial charge in [-0.1, -0.05) is 48.0 Å². The molecule has 3 rings (SSSR count). The first kappa shape index (κ1) is 20.8. The molecule has 150 valence electrons. The van der Waals surface area contributed by atoms with Crippen molar-refractivity contribution in [2.24, 2.45) is 0 Å². The maximum absolute atomic E-state index is 13.3. The molecule has 0 aliphatic carbocycles. The van der Waals surface area contributed by atoms with Crippen molar-refractivity contribution in [2.75, 3.05) is 6.54 Å². The summed E-state index contributed by atoms with van der Waals surface area (Å²) in [6.07, 6.45) is 3.26. The van der Waals surface area contributed by atoms with E-state index in [1.165, 1.54) is 12.1 Å². The maximum Gasteiger partial charge on any atom is 0.273 e. The Bertz CT molecular complexity index is 1040. The molecule has 0 unspecified atom stereocenters. The Morgan fingerprint density at radius 3 is 2.83 bits per heavy atom. The summed E-state index contributed by atoms with van der Waals surface area (Å²) in [6.45, 7) is 4.39. The zero-order valence-corrected chi connectivity index (χ0v) is 17.1. The summed E-state index contributed by atoms with van der Waals surface area (Å²) in [5, 5.41) is 7.37. The first-order chi connectivity index (χ1) is 14.0. The number of aromatic nitrogens is 1. The van der Waals surface area contributed by atoms with Crippen molar-refractivity contribution in [1.29, 1.82) is 0 Å². The standard InChI is InChI=1S/C23H22ClFN2O2/c1-3-5-17(21-12-18(24)9-8-15(21)2)14-26-23(28)22-13-20(29-27-22)11-16-6-4-7-19(25)10-16/h4-10,12-13H,3,11,14H2,1-2H3,(H,26,28). The minimum atomic E-state index is -0.332. The molecule has 0 aliphatic heterocycles. The Kier molecular flexibility index (Phi) is 6.83. The normalized spacial score (nSPS) is 11.5. The summed E-state index contributed by atoms with van der Waals surface area (Å²) in [5.74, 6) is -0.150. The van der Waals surface area contributed by atoms with Gasteiger partial charge in [0.25, 0.3) is 5.91 Å². The van der Waals surface area contributed by atoms with E-state index in [-0.39, 0.29) is 17.4 Å². The lowest BCUT2D eigenvalue weighted by Crippen LogP contribution is -2.25. The molecule has 1 heterocycles.